The lowest BCUT2D eigenvalue weighted by molar-refractivity contribution is 0.199. The summed E-state index contributed by atoms with van der Waals surface area (Å²) in [5.41, 5.74) is 4.05. The van der Waals surface area contributed by atoms with Crippen LogP contribution >= 0.6 is 0 Å². The van der Waals surface area contributed by atoms with E-state index in [1.807, 2.05) is 32.2 Å². The van der Waals surface area contributed by atoms with Gasteiger partial charge in [0, 0.05) is 43.9 Å². The van der Waals surface area contributed by atoms with E-state index in [1.54, 1.807) is 13.3 Å². The molecule has 0 radical (unpaired) electrons. The van der Waals surface area contributed by atoms with Crippen molar-refractivity contribution in [2.75, 3.05) is 20.3 Å². The minimum atomic E-state index is 0.693. The molecule has 20 heavy (non-hydrogen) atoms. The fourth-order valence-corrected chi connectivity index (χ4v) is 1.93. The Morgan fingerprint density at radius 2 is 2.10 bits per heavy atom. The number of nitrogens with one attached hydrogen (secondary N) is 1. The summed E-state index contributed by atoms with van der Waals surface area (Å²) in [5, 5.41) is 3.29. The van der Waals surface area contributed by atoms with Gasteiger partial charge in [0.05, 0.1) is 12.3 Å². The van der Waals surface area contributed by atoms with Gasteiger partial charge in [0.2, 0.25) is 0 Å². The maximum absolute atomic E-state index is 5.01. The average Bonchev–Trinajstić information content (AvgIpc) is 2.43. The van der Waals surface area contributed by atoms with Crippen molar-refractivity contribution in [2.45, 2.75) is 20.4 Å². The number of aryl methyl sites for hydroxylation is 2. The van der Waals surface area contributed by atoms with Crippen LogP contribution in [0, 0.1) is 13.8 Å². The third-order valence-corrected chi connectivity index (χ3v) is 2.98. The predicted octanol–water partition coefficient (Wildman–Crippen LogP) is 1.89. The van der Waals surface area contributed by atoms with Crippen LogP contribution in [0.15, 0.2) is 24.5 Å². The molecule has 5 heteroatoms. The van der Waals surface area contributed by atoms with E-state index in [-0.39, 0.29) is 0 Å². The fourth-order valence-electron chi connectivity index (χ4n) is 1.93. The molecule has 0 bridgehead atoms. The van der Waals surface area contributed by atoms with Crippen LogP contribution < -0.4 is 5.32 Å². The molecule has 2 aromatic heterocycles. The molecule has 0 unspecified atom stereocenters. The summed E-state index contributed by atoms with van der Waals surface area (Å²) >= 11 is 0. The van der Waals surface area contributed by atoms with Crippen molar-refractivity contribution in [3.63, 3.8) is 0 Å². The summed E-state index contributed by atoms with van der Waals surface area (Å²) < 4.78 is 5.01. The van der Waals surface area contributed by atoms with E-state index in [0.717, 1.165) is 34.9 Å². The lowest BCUT2D eigenvalue weighted by Gasteiger charge is -2.08. The molecule has 0 aliphatic carbocycles. The minimum Gasteiger partial charge on any atom is -0.383 e. The second-order valence-corrected chi connectivity index (χ2v) is 4.68. The Hall–Kier alpha value is -1.85. The Balaban J connectivity index is 2.18. The highest BCUT2D eigenvalue weighted by Gasteiger charge is 2.07. The van der Waals surface area contributed by atoms with Crippen molar-refractivity contribution in [1.29, 1.82) is 0 Å². The average molecular weight is 272 g/mol. The Morgan fingerprint density at radius 1 is 1.25 bits per heavy atom. The number of methoxy groups -OCH3 is 1. The smallest absolute Gasteiger partial charge is 0.161 e. The van der Waals surface area contributed by atoms with Crippen molar-refractivity contribution < 1.29 is 4.74 Å². The number of hydrogen-bond donors (Lipinski definition) is 1. The Morgan fingerprint density at radius 3 is 2.85 bits per heavy atom. The van der Waals surface area contributed by atoms with Crippen molar-refractivity contribution in [1.82, 2.24) is 20.3 Å². The molecule has 0 aliphatic rings. The van der Waals surface area contributed by atoms with Crippen LogP contribution in [-0.2, 0) is 11.3 Å². The number of ether oxygens (including phenoxy) is 1. The molecule has 0 fully saturated rings. The molecule has 2 rings (SSSR count). The zero-order valence-electron chi connectivity index (χ0n) is 12.2. The van der Waals surface area contributed by atoms with E-state index in [2.05, 4.69) is 20.3 Å². The second-order valence-electron chi connectivity index (χ2n) is 4.68. The number of aromatic nitrogens is 3. The van der Waals surface area contributed by atoms with Gasteiger partial charge < -0.3 is 10.1 Å². The van der Waals surface area contributed by atoms with E-state index < -0.39 is 0 Å². The summed E-state index contributed by atoms with van der Waals surface area (Å²) in [4.78, 5) is 13.3. The second kappa shape index (κ2) is 7.07. The monoisotopic (exact) mass is 272 g/mol. The standard InChI is InChI=1S/C15H20N4O/c1-11-4-5-16-10-14(11)15-18-12(2)8-13(19-15)9-17-6-7-20-3/h4-5,8,10,17H,6-7,9H2,1-3H3. The van der Waals surface area contributed by atoms with Crippen molar-refractivity contribution >= 4 is 0 Å². The molecule has 106 valence electrons. The molecule has 0 saturated carbocycles. The summed E-state index contributed by atoms with van der Waals surface area (Å²) in [7, 11) is 1.69. The lowest BCUT2D eigenvalue weighted by Crippen LogP contribution is -2.19. The number of nitrogens with zero attached hydrogens (tertiary/aromatic N) is 3. The molecule has 0 atom stereocenters. The highest BCUT2D eigenvalue weighted by atomic mass is 16.5. The highest BCUT2D eigenvalue weighted by Crippen LogP contribution is 2.18. The zero-order valence-corrected chi connectivity index (χ0v) is 12.2. The van der Waals surface area contributed by atoms with Crippen LogP contribution in [-0.4, -0.2) is 35.2 Å². The molecular formula is C15H20N4O. The molecule has 0 spiro atoms. The maximum atomic E-state index is 5.01. The third kappa shape index (κ3) is 3.82. The number of rotatable bonds is 6. The molecule has 0 aromatic carbocycles. The van der Waals surface area contributed by atoms with Crippen LogP contribution in [0.25, 0.3) is 11.4 Å². The molecule has 2 heterocycles. The van der Waals surface area contributed by atoms with Gasteiger partial charge in [-0.1, -0.05) is 0 Å². The molecule has 0 amide bonds. The van der Waals surface area contributed by atoms with E-state index >= 15 is 0 Å². The van der Waals surface area contributed by atoms with Crippen LogP contribution in [0.1, 0.15) is 17.0 Å². The van der Waals surface area contributed by atoms with Gasteiger partial charge in [-0.05, 0) is 31.5 Å². The first-order valence-electron chi connectivity index (χ1n) is 6.66. The molecular weight excluding hydrogens is 252 g/mol. The van der Waals surface area contributed by atoms with Gasteiger partial charge in [-0.3, -0.25) is 4.98 Å². The zero-order chi connectivity index (χ0) is 14.4. The van der Waals surface area contributed by atoms with E-state index in [4.69, 9.17) is 4.74 Å². The SMILES string of the molecule is COCCNCc1cc(C)nc(-c2cnccc2C)n1. The quantitative estimate of drug-likeness (QED) is 0.814. The van der Waals surface area contributed by atoms with Crippen LogP contribution in [0.5, 0.6) is 0 Å². The molecule has 5 nitrogen and oxygen atoms in total. The predicted molar refractivity (Wildman–Crippen MR) is 78.3 cm³/mol. The molecule has 1 N–H and O–H groups in total. The van der Waals surface area contributed by atoms with Gasteiger partial charge in [-0.2, -0.15) is 0 Å². The summed E-state index contributed by atoms with van der Waals surface area (Å²) in [6.45, 7) is 6.23. The van der Waals surface area contributed by atoms with Crippen molar-refractivity contribution in [3.05, 3.63) is 41.5 Å². The van der Waals surface area contributed by atoms with Crippen LogP contribution in [0.3, 0.4) is 0 Å². The summed E-state index contributed by atoms with van der Waals surface area (Å²) in [5.74, 6) is 0.735. The normalized spacial score (nSPS) is 10.8. The Labute approximate surface area is 119 Å². The number of hydrogen-bond acceptors (Lipinski definition) is 5. The van der Waals surface area contributed by atoms with Gasteiger partial charge >= 0.3 is 0 Å². The molecule has 0 aliphatic heterocycles. The third-order valence-electron chi connectivity index (χ3n) is 2.98. The summed E-state index contributed by atoms with van der Waals surface area (Å²) in [6.07, 6.45) is 3.59. The van der Waals surface area contributed by atoms with E-state index in [0.29, 0.717) is 13.2 Å². The Kier molecular flexibility index (Phi) is 5.15. The van der Waals surface area contributed by atoms with Crippen LogP contribution in [0.2, 0.25) is 0 Å². The van der Waals surface area contributed by atoms with Gasteiger partial charge in [0.15, 0.2) is 5.82 Å². The maximum Gasteiger partial charge on any atom is 0.161 e. The van der Waals surface area contributed by atoms with Gasteiger partial charge in [-0.15, -0.1) is 0 Å². The first-order chi connectivity index (χ1) is 9.70. The topological polar surface area (TPSA) is 59.9 Å². The Bertz CT molecular complexity index is 572. The largest absolute Gasteiger partial charge is 0.383 e. The van der Waals surface area contributed by atoms with Crippen molar-refractivity contribution in [3.8, 4) is 11.4 Å². The van der Waals surface area contributed by atoms with Crippen LogP contribution in [0.4, 0.5) is 0 Å². The van der Waals surface area contributed by atoms with E-state index in [1.165, 1.54) is 0 Å². The van der Waals surface area contributed by atoms with Crippen molar-refractivity contribution in [2.24, 2.45) is 0 Å². The molecule has 0 saturated heterocycles. The van der Waals surface area contributed by atoms with Gasteiger partial charge in [0.25, 0.3) is 0 Å². The first-order valence-corrected chi connectivity index (χ1v) is 6.66. The first kappa shape index (κ1) is 14.6. The van der Waals surface area contributed by atoms with E-state index in [9.17, 15) is 0 Å². The number of pyridine rings is 1. The lowest BCUT2D eigenvalue weighted by atomic mass is 10.1. The van der Waals surface area contributed by atoms with Gasteiger partial charge in [0.1, 0.15) is 0 Å². The fraction of sp³-hybridized carbons (Fsp3) is 0.400. The van der Waals surface area contributed by atoms with Gasteiger partial charge in [-0.25, -0.2) is 9.97 Å². The molecule has 2 aromatic rings. The minimum absolute atomic E-state index is 0.693. The summed E-state index contributed by atoms with van der Waals surface area (Å²) in [6, 6.07) is 3.96. The highest BCUT2D eigenvalue weighted by molar-refractivity contribution is 5.58.